The average molecular weight is 262 g/mol. The first-order chi connectivity index (χ1) is 9.13. The highest BCUT2D eigenvalue weighted by Crippen LogP contribution is 2.31. The van der Waals surface area contributed by atoms with Crippen LogP contribution in [-0.4, -0.2) is 29.6 Å². The normalized spacial score (nSPS) is 23.2. The van der Waals surface area contributed by atoms with E-state index in [1.807, 2.05) is 6.20 Å². The zero-order valence-electron chi connectivity index (χ0n) is 12.6. The highest BCUT2D eigenvalue weighted by Gasteiger charge is 2.26. The van der Waals surface area contributed by atoms with Crippen molar-refractivity contribution < 1.29 is 0 Å². The minimum absolute atomic E-state index is 0.608. The fourth-order valence-electron chi connectivity index (χ4n) is 3.06. The molecule has 0 aromatic carbocycles. The summed E-state index contributed by atoms with van der Waals surface area (Å²) in [5.41, 5.74) is 1.15. The average Bonchev–Trinajstić information content (AvgIpc) is 2.41. The maximum absolute atomic E-state index is 4.68. The molecule has 0 radical (unpaired) electrons. The van der Waals surface area contributed by atoms with Gasteiger partial charge in [0.1, 0.15) is 5.82 Å². The predicted molar refractivity (Wildman–Crippen MR) is 80.8 cm³/mol. The number of aryl methyl sites for hydroxylation is 1. The van der Waals surface area contributed by atoms with Gasteiger partial charge >= 0.3 is 0 Å². The van der Waals surface area contributed by atoms with Gasteiger partial charge in [0, 0.05) is 31.4 Å². The van der Waals surface area contributed by atoms with Crippen LogP contribution in [0.15, 0.2) is 6.20 Å². The van der Waals surface area contributed by atoms with E-state index in [2.05, 4.69) is 48.0 Å². The van der Waals surface area contributed by atoms with Crippen molar-refractivity contribution in [3.8, 4) is 0 Å². The third-order valence-corrected chi connectivity index (χ3v) is 4.18. The van der Waals surface area contributed by atoms with E-state index in [0.717, 1.165) is 29.8 Å². The number of rotatable bonds is 4. The lowest BCUT2D eigenvalue weighted by Gasteiger charge is -2.37. The molecule has 0 saturated heterocycles. The van der Waals surface area contributed by atoms with Gasteiger partial charge in [0.05, 0.1) is 0 Å². The van der Waals surface area contributed by atoms with Gasteiger partial charge in [-0.3, -0.25) is 0 Å². The molecule has 4 heteroatoms. The molecule has 0 bridgehead atoms. The molecular weight excluding hydrogens is 236 g/mol. The highest BCUT2D eigenvalue weighted by atomic mass is 15.2. The van der Waals surface area contributed by atoms with Crippen LogP contribution in [-0.2, 0) is 0 Å². The first-order valence-corrected chi connectivity index (χ1v) is 7.43. The number of hydrogen-bond donors (Lipinski definition) is 1. The van der Waals surface area contributed by atoms with Gasteiger partial charge in [0.2, 0.25) is 5.95 Å². The third kappa shape index (κ3) is 3.17. The van der Waals surface area contributed by atoms with Crippen molar-refractivity contribution in [2.75, 3.05) is 23.8 Å². The molecule has 1 aromatic rings. The summed E-state index contributed by atoms with van der Waals surface area (Å²) >= 11 is 0. The fourth-order valence-corrected chi connectivity index (χ4v) is 3.06. The summed E-state index contributed by atoms with van der Waals surface area (Å²) in [7, 11) is 2.18. The molecule has 1 N–H and O–H groups in total. The number of nitrogens with zero attached hydrogens (tertiary/aromatic N) is 3. The molecule has 1 aliphatic carbocycles. The summed E-state index contributed by atoms with van der Waals surface area (Å²) in [5.74, 6) is 2.55. The summed E-state index contributed by atoms with van der Waals surface area (Å²) in [5, 5.41) is 3.20. The second kappa shape index (κ2) is 6.22. The van der Waals surface area contributed by atoms with Crippen molar-refractivity contribution in [2.24, 2.45) is 5.92 Å². The smallest absolute Gasteiger partial charge is 0.224 e. The van der Waals surface area contributed by atoms with Crippen LogP contribution in [0.2, 0.25) is 0 Å². The van der Waals surface area contributed by atoms with Gasteiger partial charge in [-0.1, -0.05) is 19.8 Å². The van der Waals surface area contributed by atoms with Crippen molar-refractivity contribution in [1.29, 1.82) is 0 Å². The van der Waals surface area contributed by atoms with Crippen LogP contribution in [0.25, 0.3) is 0 Å². The van der Waals surface area contributed by atoms with E-state index in [1.165, 1.54) is 25.7 Å². The van der Waals surface area contributed by atoms with Crippen molar-refractivity contribution in [3.63, 3.8) is 0 Å². The molecule has 1 aromatic heterocycles. The van der Waals surface area contributed by atoms with E-state index in [-0.39, 0.29) is 0 Å². The summed E-state index contributed by atoms with van der Waals surface area (Å²) in [4.78, 5) is 11.4. The standard InChI is InChI=1S/C15H26N4/c1-5-16-15-17-10-12(3)14(18-15)19(4)13-9-7-6-8-11(13)2/h10-11,13H,5-9H2,1-4H3,(H,16,17,18). The predicted octanol–water partition coefficient (Wildman–Crippen LogP) is 3.23. The molecule has 0 aliphatic heterocycles. The van der Waals surface area contributed by atoms with Crippen molar-refractivity contribution in [2.45, 2.75) is 52.5 Å². The summed E-state index contributed by atoms with van der Waals surface area (Å²) < 4.78 is 0. The quantitative estimate of drug-likeness (QED) is 0.904. The topological polar surface area (TPSA) is 41.1 Å². The third-order valence-electron chi connectivity index (χ3n) is 4.18. The van der Waals surface area contributed by atoms with E-state index in [4.69, 9.17) is 0 Å². The number of hydrogen-bond acceptors (Lipinski definition) is 4. The van der Waals surface area contributed by atoms with Gasteiger partial charge < -0.3 is 10.2 Å². The zero-order valence-corrected chi connectivity index (χ0v) is 12.6. The van der Waals surface area contributed by atoms with Crippen LogP contribution in [0, 0.1) is 12.8 Å². The van der Waals surface area contributed by atoms with E-state index in [9.17, 15) is 0 Å². The molecule has 1 heterocycles. The lowest BCUT2D eigenvalue weighted by atomic mass is 9.85. The number of nitrogens with one attached hydrogen (secondary N) is 1. The Morgan fingerprint density at radius 3 is 2.79 bits per heavy atom. The number of anilines is 2. The van der Waals surface area contributed by atoms with Gasteiger partial charge in [-0.05, 0) is 32.6 Å². The molecule has 1 aliphatic rings. The summed E-state index contributed by atoms with van der Waals surface area (Å²) in [6.07, 6.45) is 7.24. The van der Waals surface area contributed by atoms with Crippen LogP contribution in [0.4, 0.5) is 11.8 Å². The van der Waals surface area contributed by atoms with Gasteiger partial charge in [-0.15, -0.1) is 0 Å². The molecule has 106 valence electrons. The molecule has 0 spiro atoms. The van der Waals surface area contributed by atoms with Crippen LogP contribution in [0.3, 0.4) is 0 Å². The zero-order chi connectivity index (χ0) is 13.8. The summed E-state index contributed by atoms with van der Waals surface area (Å²) in [6.45, 7) is 7.37. The summed E-state index contributed by atoms with van der Waals surface area (Å²) in [6, 6.07) is 0.608. The first kappa shape index (κ1) is 14.1. The SMILES string of the molecule is CCNc1ncc(C)c(N(C)C2CCCCC2C)n1. The van der Waals surface area contributed by atoms with Crippen LogP contribution >= 0.6 is 0 Å². The Morgan fingerprint density at radius 2 is 2.11 bits per heavy atom. The van der Waals surface area contributed by atoms with Gasteiger partial charge in [0.15, 0.2) is 0 Å². The Hall–Kier alpha value is -1.32. The number of aromatic nitrogens is 2. The maximum atomic E-state index is 4.68. The lowest BCUT2D eigenvalue weighted by Crippen LogP contribution is -2.39. The van der Waals surface area contributed by atoms with E-state index in [1.54, 1.807) is 0 Å². The minimum Gasteiger partial charge on any atom is -0.356 e. The molecule has 4 nitrogen and oxygen atoms in total. The fraction of sp³-hybridized carbons (Fsp3) is 0.733. The largest absolute Gasteiger partial charge is 0.356 e. The molecular formula is C15H26N4. The molecule has 2 atom stereocenters. The lowest BCUT2D eigenvalue weighted by molar-refractivity contribution is 0.320. The molecule has 2 rings (SSSR count). The van der Waals surface area contributed by atoms with Crippen LogP contribution < -0.4 is 10.2 Å². The highest BCUT2D eigenvalue weighted by molar-refractivity contribution is 5.49. The van der Waals surface area contributed by atoms with Crippen molar-refractivity contribution in [1.82, 2.24) is 9.97 Å². The first-order valence-electron chi connectivity index (χ1n) is 7.43. The van der Waals surface area contributed by atoms with E-state index < -0.39 is 0 Å². The Kier molecular flexibility index (Phi) is 4.61. The molecule has 1 fully saturated rings. The minimum atomic E-state index is 0.608. The van der Waals surface area contributed by atoms with Crippen LogP contribution in [0.5, 0.6) is 0 Å². The molecule has 19 heavy (non-hydrogen) atoms. The Labute approximate surface area is 116 Å². The molecule has 1 saturated carbocycles. The van der Waals surface area contributed by atoms with Crippen LogP contribution in [0.1, 0.15) is 45.1 Å². The molecule has 2 unspecified atom stereocenters. The Balaban J connectivity index is 2.21. The second-order valence-electron chi connectivity index (χ2n) is 5.67. The van der Waals surface area contributed by atoms with E-state index in [0.29, 0.717) is 6.04 Å². The monoisotopic (exact) mass is 262 g/mol. The Bertz CT molecular complexity index is 419. The molecule has 0 amide bonds. The van der Waals surface area contributed by atoms with Gasteiger partial charge in [-0.2, -0.15) is 4.98 Å². The maximum Gasteiger partial charge on any atom is 0.224 e. The van der Waals surface area contributed by atoms with Gasteiger partial charge in [0.25, 0.3) is 0 Å². The van der Waals surface area contributed by atoms with Crippen molar-refractivity contribution in [3.05, 3.63) is 11.8 Å². The Morgan fingerprint density at radius 1 is 1.37 bits per heavy atom. The van der Waals surface area contributed by atoms with Gasteiger partial charge in [-0.25, -0.2) is 4.98 Å². The van der Waals surface area contributed by atoms with E-state index >= 15 is 0 Å². The van der Waals surface area contributed by atoms with Crippen molar-refractivity contribution >= 4 is 11.8 Å². The second-order valence-corrected chi connectivity index (χ2v) is 5.67.